The third-order valence-corrected chi connectivity index (χ3v) is 7.20. The summed E-state index contributed by atoms with van der Waals surface area (Å²) < 4.78 is 1.65. The minimum absolute atomic E-state index is 0.0424. The minimum atomic E-state index is -0.0612. The number of rotatable bonds is 7. The first kappa shape index (κ1) is 23.0. The molecule has 0 bridgehead atoms. The molecule has 172 valence electrons. The number of hydrogen-bond acceptors (Lipinski definition) is 4. The molecule has 3 heterocycles. The molecule has 1 saturated heterocycles. The molecule has 6 nitrogen and oxygen atoms in total. The van der Waals surface area contributed by atoms with Crippen molar-refractivity contribution >= 4 is 29.2 Å². The third kappa shape index (κ3) is 5.79. The summed E-state index contributed by atoms with van der Waals surface area (Å²) in [5.74, 6) is 0.307. The largest absolute Gasteiger partial charge is 0.339 e. The average molecular weight is 463 g/mol. The standard InChI is InChI=1S/C26H30N4O2S/c1-28-15-14-23(27-28)26(32)29(2)24(19-20-7-4-3-5-8-20)21-12-16-30(17-13-21)25(31)11-10-22-9-6-18-33-22/h3-11,14-15,18,21,24H,12-13,16-17,19H2,1-2H3/b11-10+. The zero-order chi connectivity index (χ0) is 23.2. The van der Waals surface area contributed by atoms with Crippen molar-refractivity contribution in [3.05, 3.63) is 82.3 Å². The van der Waals surface area contributed by atoms with Crippen LogP contribution < -0.4 is 0 Å². The highest BCUT2D eigenvalue weighted by Crippen LogP contribution is 2.27. The fourth-order valence-corrected chi connectivity index (χ4v) is 5.10. The van der Waals surface area contributed by atoms with Crippen LogP contribution in [0, 0.1) is 5.92 Å². The van der Waals surface area contributed by atoms with Gasteiger partial charge in [0.2, 0.25) is 5.91 Å². The van der Waals surface area contributed by atoms with E-state index >= 15 is 0 Å². The smallest absolute Gasteiger partial charge is 0.274 e. The second-order valence-corrected chi connectivity index (χ2v) is 9.54. The summed E-state index contributed by atoms with van der Waals surface area (Å²) in [4.78, 5) is 30.7. The highest BCUT2D eigenvalue weighted by atomic mass is 32.1. The Morgan fingerprint density at radius 2 is 1.91 bits per heavy atom. The molecule has 1 aliphatic heterocycles. The van der Waals surface area contributed by atoms with E-state index in [1.807, 2.05) is 65.7 Å². The monoisotopic (exact) mass is 462 g/mol. The molecule has 2 amide bonds. The average Bonchev–Trinajstić information content (AvgIpc) is 3.53. The number of aryl methyl sites for hydroxylation is 1. The number of carbonyl (C=O) groups is 2. The highest BCUT2D eigenvalue weighted by Gasteiger charge is 2.33. The van der Waals surface area contributed by atoms with Crippen LogP contribution in [-0.2, 0) is 18.3 Å². The van der Waals surface area contributed by atoms with Crippen molar-refractivity contribution in [2.24, 2.45) is 13.0 Å². The molecule has 0 N–H and O–H groups in total. The number of likely N-dealkylation sites (N-methyl/N-ethyl adjacent to an activating group) is 1. The number of nitrogens with zero attached hydrogens (tertiary/aromatic N) is 4. The topological polar surface area (TPSA) is 58.4 Å². The van der Waals surface area contributed by atoms with Crippen LogP contribution in [-0.4, -0.2) is 57.6 Å². The Balaban J connectivity index is 1.44. The number of amides is 2. The summed E-state index contributed by atoms with van der Waals surface area (Å²) in [5, 5.41) is 6.31. The van der Waals surface area contributed by atoms with Crippen molar-refractivity contribution in [1.82, 2.24) is 19.6 Å². The van der Waals surface area contributed by atoms with E-state index in [0.717, 1.165) is 24.1 Å². The first-order valence-corrected chi connectivity index (χ1v) is 12.2. The molecule has 0 spiro atoms. The molecule has 1 fully saturated rings. The fourth-order valence-electron chi connectivity index (χ4n) is 4.49. The number of aromatic nitrogens is 2. The van der Waals surface area contributed by atoms with Gasteiger partial charge in [-0.3, -0.25) is 14.3 Å². The van der Waals surface area contributed by atoms with E-state index in [2.05, 4.69) is 17.2 Å². The predicted molar refractivity (Wildman–Crippen MR) is 132 cm³/mol. The van der Waals surface area contributed by atoms with Gasteiger partial charge in [-0.1, -0.05) is 36.4 Å². The summed E-state index contributed by atoms with van der Waals surface area (Å²) in [6.45, 7) is 1.41. The predicted octanol–water partition coefficient (Wildman–Crippen LogP) is 4.12. The molecule has 1 unspecified atom stereocenters. The maximum Gasteiger partial charge on any atom is 0.274 e. The summed E-state index contributed by atoms with van der Waals surface area (Å²) in [6, 6.07) is 16.1. The highest BCUT2D eigenvalue weighted by molar-refractivity contribution is 7.10. The Kier molecular flexibility index (Phi) is 7.40. The van der Waals surface area contributed by atoms with E-state index in [1.54, 1.807) is 34.4 Å². The summed E-state index contributed by atoms with van der Waals surface area (Å²) in [5.41, 5.74) is 1.67. The van der Waals surface area contributed by atoms with Crippen LogP contribution in [0.1, 0.15) is 33.8 Å². The van der Waals surface area contributed by atoms with E-state index in [1.165, 1.54) is 5.56 Å². The molecule has 4 rings (SSSR count). The zero-order valence-corrected chi connectivity index (χ0v) is 19.9. The first-order chi connectivity index (χ1) is 16.0. The minimum Gasteiger partial charge on any atom is -0.339 e. The van der Waals surface area contributed by atoms with Crippen LogP contribution in [0.2, 0.25) is 0 Å². The quantitative estimate of drug-likeness (QED) is 0.497. The molecule has 0 radical (unpaired) electrons. The Labute approximate surface area is 199 Å². The fraction of sp³-hybridized carbons (Fsp3) is 0.346. The van der Waals surface area contributed by atoms with Gasteiger partial charge in [-0.05, 0) is 54.3 Å². The molecular formula is C26H30N4O2S. The van der Waals surface area contributed by atoms with E-state index < -0.39 is 0 Å². The maximum absolute atomic E-state index is 13.2. The summed E-state index contributed by atoms with van der Waals surface area (Å²) in [7, 11) is 3.70. The van der Waals surface area contributed by atoms with Crippen molar-refractivity contribution in [3.8, 4) is 0 Å². The van der Waals surface area contributed by atoms with Gasteiger partial charge in [0.15, 0.2) is 0 Å². The van der Waals surface area contributed by atoms with Gasteiger partial charge in [0.25, 0.3) is 5.91 Å². The Bertz CT molecular complexity index is 1080. The number of carbonyl (C=O) groups excluding carboxylic acids is 2. The van der Waals surface area contributed by atoms with Crippen molar-refractivity contribution < 1.29 is 9.59 Å². The molecule has 2 aromatic heterocycles. The van der Waals surface area contributed by atoms with Crippen molar-refractivity contribution in [3.63, 3.8) is 0 Å². The summed E-state index contributed by atoms with van der Waals surface area (Å²) >= 11 is 1.62. The molecule has 0 saturated carbocycles. The van der Waals surface area contributed by atoms with Crippen molar-refractivity contribution in [1.29, 1.82) is 0 Å². The van der Waals surface area contributed by atoms with Gasteiger partial charge in [0.05, 0.1) is 0 Å². The number of piperidine rings is 1. The van der Waals surface area contributed by atoms with Crippen LogP contribution in [0.5, 0.6) is 0 Å². The Hall–Kier alpha value is -3.19. The van der Waals surface area contributed by atoms with Crippen LogP contribution in [0.4, 0.5) is 0 Å². The number of benzene rings is 1. The van der Waals surface area contributed by atoms with Crippen LogP contribution in [0.15, 0.2) is 66.2 Å². The SMILES string of the molecule is CN(C(=O)c1ccn(C)n1)C(Cc1ccccc1)C1CCN(C(=O)/C=C/c2cccs2)CC1. The molecule has 1 aliphatic rings. The molecule has 1 atom stereocenters. The van der Waals surface area contributed by atoms with E-state index in [9.17, 15) is 9.59 Å². The number of likely N-dealkylation sites (tertiary alicyclic amines) is 1. The van der Waals surface area contributed by atoms with Gasteiger partial charge in [-0.15, -0.1) is 11.3 Å². The lowest BCUT2D eigenvalue weighted by Crippen LogP contribution is -2.48. The second kappa shape index (κ2) is 10.6. The molecule has 3 aromatic rings. The Morgan fingerprint density at radius 3 is 2.55 bits per heavy atom. The molecule has 7 heteroatoms. The molecule has 0 aliphatic carbocycles. The second-order valence-electron chi connectivity index (χ2n) is 8.56. The number of hydrogen-bond donors (Lipinski definition) is 0. The van der Waals surface area contributed by atoms with E-state index in [0.29, 0.717) is 24.7 Å². The van der Waals surface area contributed by atoms with E-state index in [-0.39, 0.29) is 17.9 Å². The first-order valence-electron chi connectivity index (χ1n) is 11.3. The van der Waals surface area contributed by atoms with Crippen LogP contribution in [0.3, 0.4) is 0 Å². The van der Waals surface area contributed by atoms with Gasteiger partial charge in [0.1, 0.15) is 5.69 Å². The number of thiophene rings is 1. The molecule has 1 aromatic carbocycles. The van der Waals surface area contributed by atoms with Gasteiger partial charge < -0.3 is 9.80 Å². The lowest BCUT2D eigenvalue weighted by molar-refractivity contribution is -0.127. The zero-order valence-electron chi connectivity index (χ0n) is 19.1. The molecule has 33 heavy (non-hydrogen) atoms. The third-order valence-electron chi connectivity index (χ3n) is 6.37. The van der Waals surface area contributed by atoms with Crippen LogP contribution in [0.25, 0.3) is 6.08 Å². The van der Waals surface area contributed by atoms with Crippen molar-refractivity contribution in [2.45, 2.75) is 25.3 Å². The summed E-state index contributed by atoms with van der Waals surface area (Å²) in [6.07, 6.45) is 7.88. The van der Waals surface area contributed by atoms with Gasteiger partial charge >= 0.3 is 0 Å². The van der Waals surface area contributed by atoms with Gasteiger partial charge in [-0.2, -0.15) is 5.10 Å². The maximum atomic E-state index is 13.2. The van der Waals surface area contributed by atoms with Gasteiger partial charge in [0, 0.05) is 50.4 Å². The molecular weight excluding hydrogens is 432 g/mol. The van der Waals surface area contributed by atoms with E-state index in [4.69, 9.17) is 0 Å². The lowest BCUT2D eigenvalue weighted by Gasteiger charge is -2.39. The van der Waals surface area contributed by atoms with Gasteiger partial charge in [-0.25, -0.2) is 0 Å². The lowest BCUT2D eigenvalue weighted by atomic mass is 9.84. The van der Waals surface area contributed by atoms with Crippen molar-refractivity contribution in [2.75, 3.05) is 20.1 Å². The van der Waals surface area contributed by atoms with Crippen LogP contribution >= 0.6 is 11.3 Å². The normalized spacial score (nSPS) is 15.6. The Morgan fingerprint density at radius 1 is 1.15 bits per heavy atom.